The third-order valence-corrected chi connectivity index (χ3v) is 3.83. The lowest BCUT2D eigenvalue weighted by Gasteiger charge is -2.11. The number of rotatable bonds is 3. The molecule has 0 amide bonds. The fourth-order valence-corrected chi connectivity index (χ4v) is 2.71. The van der Waals surface area contributed by atoms with E-state index in [0.717, 1.165) is 15.6 Å². The van der Waals surface area contributed by atoms with Gasteiger partial charge in [0.2, 0.25) is 0 Å². The number of amidine groups is 1. The monoisotopic (exact) mass is 355 g/mol. The first-order valence-electron chi connectivity index (χ1n) is 6.78. The number of aliphatic hydroxyl groups is 1. The molecule has 110 valence electrons. The molecule has 5 heteroatoms. The molecule has 0 saturated heterocycles. The lowest BCUT2D eigenvalue weighted by Crippen LogP contribution is -2.20. The van der Waals surface area contributed by atoms with Crippen molar-refractivity contribution in [3.8, 4) is 0 Å². The normalized spacial score (nSPS) is 15.1. The molecule has 2 aromatic rings. The quantitative estimate of drug-likeness (QED) is 0.816. The third-order valence-electron chi connectivity index (χ3n) is 3.34. The highest BCUT2D eigenvalue weighted by Crippen LogP contribution is 2.27. The Morgan fingerprint density at radius 3 is 2.64 bits per heavy atom. The van der Waals surface area contributed by atoms with Crippen molar-refractivity contribution in [1.82, 2.24) is 5.01 Å². The van der Waals surface area contributed by atoms with Gasteiger partial charge >= 0.3 is 0 Å². The predicted octanol–water partition coefficient (Wildman–Crippen LogP) is 4.05. The summed E-state index contributed by atoms with van der Waals surface area (Å²) in [4.78, 5) is 0. The number of hydrazone groups is 1. The van der Waals surface area contributed by atoms with Crippen LogP contribution in [0.3, 0.4) is 0 Å². The lowest BCUT2D eigenvalue weighted by molar-refractivity contribution is 0.358. The van der Waals surface area contributed by atoms with Gasteiger partial charge in [-0.3, -0.25) is 5.41 Å². The van der Waals surface area contributed by atoms with Gasteiger partial charge < -0.3 is 5.11 Å². The van der Waals surface area contributed by atoms with E-state index in [2.05, 4.69) is 21.0 Å². The molecule has 4 nitrogen and oxygen atoms in total. The number of aliphatic hydroxyl groups excluding tert-OH is 1. The van der Waals surface area contributed by atoms with Crippen molar-refractivity contribution in [2.75, 3.05) is 6.54 Å². The van der Waals surface area contributed by atoms with Gasteiger partial charge in [-0.05, 0) is 23.3 Å². The fourth-order valence-electron chi connectivity index (χ4n) is 2.30. The topological polar surface area (TPSA) is 59.7 Å². The average molecular weight is 356 g/mol. The maximum Gasteiger partial charge on any atom is 0.153 e. The van der Waals surface area contributed by atoms with Gasteiger partial charge in [0, 0.05) is 4.47 Å². The average Bonchev–Trinajstić information content (AvgIpc) is 2.80. The van der Waals surface area contributed by atoms with Crippen LogP contribution in [0.1, 0.15) is 11.1 Å². The van der Waals surface area contributed by atoms with Crippen LogP contribution in [0.5, 0.6) is 0 Å². The molecular formula is C17H14BrN3O. The first-order chi connectivity index (χ1) is 10.6. The summed E-state index contributed by atoms with van der Waals surface area (Å²) in [5.41, 5.74) is 2.28. The van der Waals surface area contributed by atoms with Gasteiger partial charge in [-0.1, -0.05) is 58.4 Å². The SMILES string of the molecule is N=C1C(c2ccccc2)=C(O)CN1/N=C/c1cccc(Br)c1. The van der Waals surface area contributed by atoms with E-state index in [-0.39, 0.29) is 18.1 Å². The highest BCUT2D eigenvalue weighted by Gasteiger charge is 2.27. The van der Waals surface area contributed by atoms with Crippen LogP contribution >= 0.6 is 15.9 Å². The highest BCUT2D eigenvalue weighted by atomic mass is 79.9. The molecule has 0 fully saturated rings. The summed E-state index contributed by atoms with van der Waals surface area (Å²) in [6.45, 7) is 0.216. The predicted molar refractivity (Wildman–Crippen MR) is 92.2 cm³/mol. The molecule has 0 aromatic heterocycles. The van der Waals surface area contributed by atoms with Crippen molar-refractivity contribution >= 4 is 33.6 Å². The Morgan fingerprint density at radius 1 is 1.14 bits per heavy atom. The Balaban J connectivity index is 1.81. The number of nitrogens with one attached hydrogen (secondary N) is 1. The summed E-state index contributed by atoms with van der Waals surface area (Å²) in [5, 5.41) is 24.2. The van der Waals surface area contributed by atoms with E-state index in [1.807, 2.05) is 54.6 Å². The molecule has 22 heavy (non-hydrogen) atoms. The van der Waals surface area contributed by atoms with E-state index in [1.165, 1.54) is 5.01 Å². The first-order valence-corrected chi connectivity index (χ1v) is 7.58. The van der Waals surface area contributed by atoms with Gasteiger partial charge in [-0.2, -0.15) is 5.10 Å². The Hall–Kier alpha value is -2.40. The zero-order chi connectivity index (χ0) is 15.5. The summed E-state index contributed by atoms with van der Waals surface area (Å²) in [6, 6.07) is 17.2. The van der Waals surface area contributed by atoms with Crippen LogP contribution in [0.4, 0.5) is 0 Å². The lowest BCUT2D eigenvalue weighted by atomic mass is 10.1. The molecular weight excluding hydrogens is 342 g/mol. The van der Waals surface area contributed by atoms with Crippen molar-refractivity contribution < 1.29 is 5.11 Å². The van der Waals surface area contributed by atoms with Crippen LogP contribution in [0, 0.1) is 5.41 Å². The minimum absolute atomic E-state index is 0.169. The maximum absolute atomic E-state index is 10.1. The van der Waals surface area contributed by atoms with Gasteiger partial charge in [0.25, 0.3) is 0 Å². The van der Waals surface area contributed by atoms with Gasteiger partial charge in [-0.25, -0.2) is 5.01 Å². The van der Waals surface area contributed by atoms with E-state index < -0.39 is 0 Å². The molecule has 1 aliphatic rings. The van der Waals surface area contributed by atoms with Crippen LogP contribution in [0.2, 0.25) is 0 Å². The first kappa shape index (κ1) is 14.5. The van der Waals surface area contributed by atoms with Crippen LogP contribution in [-0.4, -0.2) is 28.7 Å². The van der Waals surface area contributed by atoms with Crippen molar-refractivity contribution in [3.63, 3.8) is 0 Å². The van der Waals surface area contributed by atoms with Crippen molar-refractivity contribution in [3.05, 3.63) is 76.0 Å². The summed E-state index contributed by atoms with van der Waals surface area (Å²) in [7, 11) is 0. The number of halogens is 1. The third kappa shape index (κ3) is 2.94. The molecule has 0 bridgehead atoms. The minimum Gasteiger partial charge on any atom is -0.510 e. The Kier molecular flexibility index (Phi) is 4.06. The standard InChI is InChI=1S/C17H14BrN3O/c18-14-8-4-5-12(9-14)10-20-21-11-15(22)16(17(21)19)13-6-2-1-3-7-13/h1-10,19,22H,11H2/b19-17?,20-10+. The Bertz CT molecular complexity index is 768. The van der Waals surface area contributed by atoms with E-state index in [1.54, 1.807) is 6.21 Å². The molecule has 3 rings (SSSR count). The smallest absolute Gasteiger partial charge is 0.153 e. The molecule has 0 atom stereocenters. The largest absolute Gasteiger partial charge is 0.510 e. The number of benzene rings is 2. The molecule has 0 saturated carbocycles. The molecule has 0 aliphatic carbocycles. The van der Waals surface area contributed by atoms with E-state index in [4.69, 9.17) is 5.41 Å². The molecule has 1 aliphatic heterocycles. The second-order valence-corrected chi connectivity index (χ2v) is 5.81. The molecule has 0 unspecified atom stereocenters. The van der Waals surface area contributed by atoms with Crippen molar-refractivity contribution in [2.45, 2.75) is 0 Å². The molecule has 2 N–H and O–H groups in total. The summed E-state index contributed by atoms with van der Waals surface area (Å²) < 4.78 is 0.971. The van der Waals surface area contributed by atoms with E-state index >= 15 is 0 Å². The Morgan fingerprint density at radius 2 is 1.91 bits per heavy atom. The molecule has 2 aromatic carbocycles. The van der Waals surface area contributed by atoms with Gasteiger partial charge in [-0.15, -0.1) is 0 Å². The molecule has 0 spiro atoms. The zero-order valence-corrected chi connectivity index (χ0v) is 13.3. The van der Waals surface area contributed by atoms with Crippen molar-refractivity contribution in [1.29, 1.82) is 5.41 Å². The summed E-state index contributed by atoms with van der Waals surface area (Å²) in [6.07, 6.45) is 1.68. The number of nitrogens with zero attached hydrogens (tertiary/aromatic N) is 2. The van der Waals surface area contributed by atoms with Crippen LogP contribution in [0.15, 0.2) is 69.9 Å². The van der Waals surface area contributed by atoms with Gasteiger partial charge in [0.15, 0.2) is 5.84 Å². The van der Waals surface area contributed by atoms with Crippen LogP contribution in [-0.2, 0) is 0 Å². The molecule has 1 heterocycles. The van der Waals surface area contributed by atoms with Crippen molar-refractivity contribution in [2.24, 2.45) is 5.10 Å². The minimum atomic E-state index is 0.169. The van der Waals surface area contributed by atoms with Gasteiger partial charge in [0.1, 0.15) is 12.3 Å². The van der Waals surface area contributed by atoms with Crippen LogP contribution < -0.4 is 0 Å². The fraction of sp³-hybridized carbons (Fsp3) is 0.0588. The number of hydrogen-bond acceptors (Lipinski definition) is 3. The summed E-state index contributed by atoms with van der Waals surface area (Å²) >= 11 is 3.41. The second kappa shape index (κ2) is 6.15. The van der Waals surface area contributed by atoms with Gasteiger partial charge in [0.05, 0.1) is 11.8 Å². The Labute approximate surface area is 137 Å². The van der Waals surface area contributed by atoms with E-state index in [9.17, 15) is 5.11 Å². The molecule has 0 radical (unpaired) electrons. The van der Waals surface area contributed by atoms with E-state index in [0.29, 0.717) is 5.57 Å². The number of hydrogen-bond donors (Lipinski definition) is 2. The zero-order valence-electron chi connectivity index (χ0n) is 11.7. The second-order valence-electron chi connectivity index (χ2n) is 4.89. The summed E-state index contributed by atoms with van der Waals surface area (Å²) in [5.74, 6) is 0.373. The maximum atomic E-state index is 10.1. The van der Waals surface area contributed by atoms with Crippen LogP contribution in [0.25, 0.3) is 5.57 Å². The highest BCUT2D eigenvalue weighted by molar-refractivity contribution is 9.10.